The number of ether oxygens (including phenoxy) is 1. The average molecular weight is 622 g/mol. The monoisotopic (exact) mass is 621 g/mol. The number of nitrogens with one attached hydrogen (secondary N) is 1. The maximum Gasteiger partial charge on any atom is 0.416 e. The lowest BCUT2D eigenvalue weighted by atomic mass is 10.0. The molecule has 0 saturated heterocycles. The molecule has 0 aliphatic rings. The number of anilines is 1. The van der Waals surface area contributed by atoms with E-state index < -0.39 is 39.5 Å². The first kappa shape index (κ1) is 31.8. The van der Waals surface area contributed by atoms with E-state index in [9.17, 15) is 36.6 Å². The van der Waals surface area contributed by atoms with Gasteiger partial charge < -0.3 is 14.9 Å². The summed E-state index contributed by atoms with van der Waals surface area (Å²) >= 11 is 0. The summed E-state index contributed by atoms with van der Waals surface area (Å²) in [6, 6.07) is 34.1. The molecule has 11 heteroatoms. The first-order chi connectivity index (χ1) is 21.0. The zero-order chi connectivity index (χ0) is 31.7. The van der Waals surface area contributed by atoms with Crippen LogP contribution in [0.2, 0.25) is 0 Å². The van der Waals surface area contributed by atoms with E-state index in [1.165, 1.54) is 48.5 Å². The topological polar surface area (TPSA) is 113 Å². The number of benzene rings is 5. The molecule has 5 aromatic carbocycles. The smallest absolute Gasteiger partial charge is 0.416 e. The Morgan fingerprint density at radius 3 is 1.73 bits per heavy atom. The number of para-hydroxylation sites is 1. The molecule has 226 valence electrons. The number of carboxylic acid groups (broad SMARTS) is 1. The molecule has 0 aliphatic heterocycles. The third-order valence-electron chi connectivity index (χ3n) is 6.17. The summed E-state index contributed by atoms with van der Waals surface area (Å²) in [5.41, 5.74) is 0.0210. The molecule has 0 amide bonds. The summed E-state index contributed by atoms with van der Waals surface area (Å²) in [5.74, 6) is -1.77. The number of carbonyl (C=O) groups is 1. The molecule has 0 aromatic heterocycles. The molecule has 0 atom stereocenters. The fraction of sp³-hybridized carbons (Fsp3) is 0.0606. The van der Waals surface area contributed by atoms with Crippen LogP contribution in [0.3, 0.4) is 0 Å². The second kappa shape index (κ2) is 13.9. The third kappa shape index (κ3) is 8.24. The third-order valence-corrected chi connectivity index (χ3v) is 7.55. The van der Waals surface area contributed by atoms with Crippen LogP contribution in [-0.2, 0) is 16.2 Å². The molecule has 0 fully saturated rings. The average Bonchev–Trinajstić information content (AvgIpc) is 3.02. The standard InChI is InChI=1S/C20H14F3NO5S.C13H12O/c21-20(22,23)13-10-11-18(29-17-9-5-4-8-15(17)19(25)26)16(12-13)24-30(27,28)14-6-2-1-3-7-14;14-13(11-7-3-1-4-8-11)12-9-5-2-6-10-12/h1-12,24H,(H,25,26);1-10,13-14H. The number of alkyl halides is 3. The number of sulfonamides is 1. The van der Waals surface area contributed by atoms with Crippen LogP contribution in [0, 0.1) is 0 Å². The number of aliphatic hydroxyl groups is 1. The zero-order valence-electron chi connectivity index (χ0n) is 22.8. The highest BCUT2D eigenvalue weighted by atomic mass is 32.2. The molecular weight excluding hydrogens is 595 g/mol. The maximum atomic E-state index is 13.2. The van der Waals surface area contributed by atoms with E-state index in [1.54, 1.807) is 6.07 Å². The fourth-order valence-electron chi connectivity index (χ4n) is 3.99. The molecule has 7 nitrogen and oxygen atoms in total. The van der Waals surface area contributed by atoms with Crippen molar-refractivity contribution in [3.8, 4) is 11.5 Å². The quantitative estimate of drug-likeness (QED) is 0.163. The van der Waals surface area contributed by atoms with Crippen molar-refractivity contribution in [3.05, 3.63) is 156 Å². The Labute approximate surface area is 251 Å². The van der Waals surface area contributed by atoms with Gasteiger partial charge in [-0.3, -0.25) is 4.72 Å². The van der Waals surface area contributed by atoms with Gasteiger partial charge in [0, 0.05) is 0 Å². The molecule has 0 aliphatic carbocycles. The number of halogens is 3. The molecule has 5 rings (SSSR count). The van der Waals surface area contributed by atoms with Crippen molar-refractivity contribution in [2.75, 3.05) is 4.72 Å². The highest BCUT2D eigenvalue weighted by molar-refractivity contribution is 7.92. The van der Waals surface area contributed by atoms with E-state index in [0.29, 0.717) is 12.1 Å². The van der Waals surface area contributed by atoms with Gasteiger partial charge in [-0.05, 0) is 53.6 Å². The minimum absolute atomic E-state index is 0.162. The van der Waals surface area contributed by atoms with Gasteiger partial charge in [0.05, 0.1) is 16.1 Å². The van der Waals surface area contributed by atoms with E-state index in [4.69, 9.17) is 4.74 Å². The van der Waals surface area contributed by atoms with Gasteiger partial charge in [-0.25, -0.2) is 13.2 Å². The minimum atomic E-state index is -4.73. The zero-order valence-corrected chi connectivity index (χ0v) is 23.7. The van der Waals surface area contributed by atoms with Crippen LogP contribution in [0.4, 0.5) is 18.9 Å². The lowest BCUT2D eigenvalue weighted by molar-refractivity contribution is -0.137. The Morgan fingerprint density at radius 2 is 1.20 bits per heavy atom. The highest BCUT2D eigenvalue weighted by Crippen LogP contribution is 2.38. The Kier molecular flexibility index (Phi) is 10.0. The Balaban J connectivity index is 0.000000262. The van der Waals surface area contributed by atoms with Gasteiger partial charge in [0.25, 0.3) is 10.0 Å². The van der Waals surface area contributed by atoms with Crippen LogP contribution in [0.15, 0.2) is 138 Å². The van der Waals surface area contributed by atoms with Crippen LogP contribution in [0.25, 0.3) is 0 Å². The number of rotatable bonds is 8. The highest BCUT2D eigenvalue weighted by Gasteiger charge is 2.32. The molecule has 5 aromatic rings. The van der Waals surface area contributed by atoms with E-state index >= 15 is 0 Å². The van der Waals surface area contributed by atoms with Gasteiger partial charge in [0.2, 0.25) is 0 Å². The van der Waals surface area contributed by atoms with Crippen molar-refractivity contribution in [3.63, 3.8) is 0 Å². The summed E-state index contributed by atoms with van der Waals surface area (Å²) in [4.78, 5) is 11.2. The van der Waals surface area contributed by atoms with Crippen molar-refractivity contribution in [1.82, 2.24) is 0 Å². The molecule has 0 radical (unpaired) electrons. The van der Waals surface area contributed by atoms with Crippen LogP contribution in [0.1, 0.15) is 33.2 Å². The van der Waals surface area contributed by atoms with Gasteiger partial charge in [-0.2, -0.15) is 13.2 Å². The van der Waals surface area contributed by atoms with Crippen molar-refractivity contribution >= 4 is 21.7 Å². The summed E-state index contributed by atoms with van der Waals surface area (Å²) in [5, 5.41) is 19.3. The molecular formula is C33H26F3NO6S. The van der Waals surface area contributed by atoms with Crippen molar-refractivity contribution in [2.45, 2.75) is 17.2 Å². The normalized spacial score (nSPS) is 11.3. The summed E-state index contributed by atoms with van der Waals surface area (Å²) in [6.45, 7) is 0. The lowest BCUT2D eigenvalue weighted by Crippen LogP contribution is -2.15. The SMILES string of the molecule is O=C(O)c1ccccc1Oc1ccc(C(F)(F)F)cc1NS(=O)(=O)c1ccccc1.OC(c1ccccc1)c1ccccc1. The fourth-order valence-corrected chi connectivity index (χ4v) is 5.07. The largest absolute Gasteiger partial charge is 0.478 e. The molecule has 0 saturated carbocycles. The molecule has 3 N–H and O–H groups in total. The number of aliphatic hydroxyl groups excluding tert-OH is 1. The Bertz CT molecular complexity index is 1760. The maximum absolute atomic E-state index is 13.2. The molecule has 0 bridgehead atoms. The number of aromatic carboxylic acids is 1. The molecule has 0 unspecified atom stereocenters. The number of hydrogen-bond donors (Lipinski definition) is 3. The van der Waals surface area contributed by atoms with Gasteiger partial charge in [0.1, 0.15) is 17.4 Å². The lowest BCUT2D eigenvalue weighted by Gasteiger charge is -2.17. The minimum Gasteiger partial charge on any atom is -0.478 e. The van der Waals surface area contributed by atoms with Crippen LogP contribution in [0.5, 0.6) is 11.5 Å². The summed E-state index contributed by atoms with van der Waals surface area (Å²) < 4.78 is 72.2. The first-order valence-electron chi connectivity index (χ1n) is 13.0. The van der Waals surface area contributed by atoms with Gasteiger partial charge in [-0.1, -0.05) is 91.0 Å². The number of hydrogen-bond acceptors (Lipinski definition) is 5. The van der Waals surface area contributed by atoms with E-state index in [-0.39, 0.29) is 22.0 Å². The molecule has 44 heavy (non-hydrogen) atoms. The van der Waals surface area contributed by atoms with E-state index in [2.05, 4.69) is 4.72 Å². The van der Waals surface area contributed by atoms with Gasteiger partial charge in [0.15, 0.2) is 5.75 Å². The van der Waals surface area contributed by atoms with Crippen LogP contribution < -0.4 is 9.46 Å². The second-order valence-electron chi connectivity index (χ2n) is 9.25. The van der Waals surface area contributed by atoms with E-state index in [1.807, 2.05) is 60.7 Å². The van der Waals surface area contributed by atoms with Crippen molar-refractivity contribution in [2.24, 2.45) is 0 Å². The summed E-state index contributed by atoms with van der Waals surface area (Å²) in [6.07, 6.45) is -5.25. The van der Waals surface area contributed by atoms with Crippen molar-refractivity contribution in [1.29, 1.82) is 0 Å². The van der Waals surface area contributed by atoms with Crippen LogP contribution >= 0.6 is 0 Å². The van der Waals surface area contributed by atoms with Crippen LogP contribution in [-0.4, -0.2) is 24.6 Å². The predicted molar refractivity (Wildman–Crippen MR) is 159 cm³/mol. The Morgan fingerprint density at radius 1 is 0.705 bits per heavy atom. The second-order valence-corrected chi connectivity index (χ2v) is 10.9. The van der Waals surface area contributed by atoms with E-state index in [0.717, 1.165) is 17.2 Å². The molecule has 0 heterocycles. The molecule has 0 spiro atoms. The van der Waals surface area contributed by atoms with Gasteiger partial charge in [-0.15, -0.1) is 0 Å². The first-order valence-corrected chi connectivity index (χ1v) is 14.5. The van der Waals surface area contributed by atoms with Crippen molar-refractivity contribution < 1.29 is 41.3 Å². The van der Waals surface area contributed by atoms with Gasteiger partial charge >= 0.3 is 12.1 Å². The predicted octanol–water partition coefficient (Wildman–Crippen LogP) is 7.77. The number of carboxylic acids is 1. The Hall–Kier alpha value is -5.13. The summed E-state index contributed by atoms with van der Waals surface area (Å²) in [7, 11) is -4.23.